The Kier molecular flexibility index (Phi) is 6.97. The normalized spacial score (nSPS) is 16.2. The van der Waals surface area contributed by atoms with Crippen molar-refractivity contribution in [1.29, 1.82) is 0 Å². The van der Waals surface area contributed by atoms with Gasteiger partial charge in [0.1, 0.15) is 0 Å². The molecule has 244 valence electrons. The summed E-state index contributed by atoms with van der Waals surface area (Å²) in [5.41, 5.74) is 5.79. The molecule has 0 bridgehead atoms. The standard InChI is InChI=1S/C39H36N2O6S/c1-8-21-14-28-29-15-22(9-2)32(19-34(29)48(46,47)33(28)18-27(21)20(3)4)40-35(42)25-12-10-23(16-30(25)36(40)43)24-11-13-26-31(17-24)38(45)41(37(26)44)39(5,6)7/h10-20H,8-9H2,1-7H3. The van der Waals surface area contributed by atoms with E-state index in [0.29, 0.717) is 39.8 Å². The Hall–Kier alpha value is -4.89. The highest BCUT2D eigenvalue weighted by atomic mass is 32.2. The SMILES string of the molecule is CCc1cc2c(cc1C(C)C)S(=O)(=O)c1cc(N3C(=O)c4ccc(-c5ccc6c(c5)C(=O)N(C(C)(C)C)C6=O)cc4C3=O)c(CC)cc1-2. The van der Waals surface area contributed by atoms with Crippen LogP contribution in [0.2, 0.25) is 0 Å². The molecule has 0 saturated carbocycles. The van der Waals surface area contributed by atoms with Gasteiger partial charge in [-0.2, -0.15) is 0 Å². The summed E-state index contributed by atoms with van der Waals surface area (Å²) in [7, 11) is -3.90. The molecular weight excluding hydrogens is 625 g/mol. The molecule has 0 radical (unpaired) electrons. The van der Waals surface area contributed by atoms with E-state index in [2.05, 4.69) is 6.92 Å². The van der Waals surface area contributed by atoms with Gasteiger partial charge in [-0.25, -0.2) is 13.3 Å². The summed E-state index contributed by atoms with van der Waals surface area (Å²) < 4.78 is 27.9. The minimum absolute atomic E-state index is 0.0894. The first-order chi connectivity index (χ1) is 22.6. The van der Waals surface area contributed by atoms with Gasteiger partial charge in [0.15, 0.2) is 0 Å². The van der Waals surface area contributed by atoms with Crippen LogP contribution in [0.5, 0.6) is 0 Å². The van der Waals surface area contributed by atoms with Gasteiger partial charge in [-0.3, -0.25) is 24.1 Å². The van der Waals surface area contributed by atoms with Crippen LogP contribution in [0.25, 0.3) is 22.3 Å². The van der Waals surface area contributed by atoms with Crippen LogP contribution in [-0.2, 0) is 22.7 Å². The van der Waals surface area contributed by atoms with Crippen molar-refractivity contribution >= 4 is 39.2 Å². The first-order valence-electron chi connectivity index (χ1n) is 16.2. The quantitative estimate of drug-likeness (QED) is 0.180. The molecule has 9 heteroatoms. The number of fused-ring (bicyclic) bond motifs is 5. The molecule has 0 spiro atoms. The van der Waals surface area contributed by atoms with E-state index in [9.17, 15) is 27.6 Å². The van der Waals surface area contributed by atoms with E-state index < -0.39 is 27.2 Å². The number of amides is 4. The highest BCUT2D eigenvalue weighted by Gasteiger charge is 2.43. The predicted octanol–water partition coefficient (Wildman–Crippen LogP) is 7.61. The average molecular weight is 661 g/mol. The Balaban J connectivity index is 1.29. The van der Waals surface area contributed by atoms with Gasteiger partial charge in [0.05, 0.1) is 37.7 Å². The average Bonchev–Trinajstić information content (AvgIpc) is 3.54. The summed E-state index contributed by atoms with van der Waals surface area (Å²) in [6.45, 7) is 13.4. The molecule has 0 N–H and O–H groups in total. The second-order valence-corrected chi connectivity index (χ2v) is 15.9. The van der Waals surface area contributed by atoms with Crippen LogP contribution in [-0.4, -0.2) is 42.5 Å². The second-order valence-electron chi connectivity index (χ2n) is 14.0. The summed E-state index contributed by atoms with van der Waals surface area (Å²) in [5, 5.41) is 0. The van der Waals surface area contributed by atoms with Crippen molar-refractivity contribution in [3.8, 4) is 22.3 Å². The number of rotatable bonds is 5. The minimum Gasteiger partial charge on any atom is -0.269 e. The Morgan fingerprint density at radius 2 is 1.08 bits per heavy atom. The predicted molar refractivity (Wildman–Crippen MR) is 183 cm³/mol. The molecule has 4 aromatic rings. The van der Waals surface area contributed by atoms with E-state index in [4.69, 9.17) is 0 Å². The fourth-order valence-corrected chi connectivity index (χ4v) is 8.94. The van der Waals surface area contributed by atoms with Crippen LogP contribution in [0.4, 0.5) is 5.69 Å². The summed E-state index contributed by atoms with van der Waals surface area (Å²) >= 11 is 0. The number of imide groups is 2. The van der Waals surface area contributed by atoms with Crippen LogP contribution in [0.15, 0.2) is 70.5 Å². The van der Waals surface area contributed by atoms with Gasteiger partial charge in [-0.1, -0.05) is 39.8 Å². The first-order valence-corrected chi connectivity index (χ1v) is 17.7. The summed E-state index contributed by atoms with van der Waals surface area (Å²) in [4.78, 5) is 56.7. The lowest BCUT2D eigenvalue weighted by Crippen LogP contribution is -2.45. The highest BCUT2D eigenvalue weighted by molar-refractivity contribution is 7.92. The monoisotopic (exact) mass is 660 g/mol. The number of nitrogens with zero attached hydrogens (tertiary/aromatic N) is 2. The first kappa shape index (κ1) is 31.7. The van der Waals surface area contributed by atoms with Gasteiger partial charge < -0.3 is 0 Å². The molecule has 0 saturated heterocycles. The molecule has 0 aromatic heterocycles. The van der Waals surface area contributed by atoms with Gasteiger partial charge in [0.2, 0.25) is 9.84 Å². The van der Waals surface area contributed by atoms with Crippen molar-refractivity contribution in [3.63, 3.8) is 0 Å². The maximum atomic E-state index is 14.0. The van der Waals surface area contributed by atoms with E-state index in [-0.39, 0.29) is 49.9 Å². The summed E-state index contributed by atoms with van der Waals surface area (Å²) in [6.07, 6.45) is 1.23. The number of hydrogen-bond acceptors (Lipinski definition) is 6. The Labute approximate surface area is 280 Å². The number of anilines is 1. The lowest BCUT2D eigenvalue weighted by molar-refractivity contribution is 0.0507. The molecule has 3 heterocycles. The van der Waals surface area contributed by atoms with Crippen LogP contribution in [0.1, 0.15) is 113 Å². The molecular formula is C39H36N2O6S. The number of aryl methyl sites for hydroxylation is 2. The van der Waals surface area contributed by atoms with Crippen molar-refractivity contribution in [1.82, 2.24) is 4.90 Å². The fourth-order valence-electron chi connectivity index (χ4n) is 7.24. The molecule has 8 nitrogen and oxygen atoms in total. The van der Waals surface area contributed by atoms with Gasteiger partial charge in [-0.05, 0) is 116 Å². The largest absolute Gasteiger partial charge is 0.269 e. The highest BCUT2D eigenvalue weighted by Crippen LogP contribution is 2.48. The van der Waals surface area contributed by atoms with Crippen molar-refractivity contribution in [2.24, 2.45) is 0 Å². The number of sulfone groups is 1. The van der Waals surface area contributed by atoms with Gasteiger partial charge in [0, 0.05) is 16.7 Å². The van der Waals surface area contributed by atoms with Crippen molar-refractivity contribution < 1.29 is 27.6 Å². The third kappa shape index (κ3) is 4.36. The van der Waals surface area contributed by atoms with E-state index in [1.54, 1.807) is 69.3 Å². The van der Waals surface area contributed by atoms with Gasteiger partial charge >= 0.3 is 0 Å². The number of carbonyl (C=O) groups excluding carboxylic acids is 4. The van der Waals surface area contributed by atoms with Crippen LogP contribution in [0.3, 0.4) is 0 Å². The zero-order valence-electron chi connectivity index (χ0n) is 28.0. The molecule has 4 amide bonds. The van der Waals surface area contributed by atoms with E-state index >= 15 is 0 Å². The minimum atomic E-state index is -3.90. The van der Waals surface area contributed by atoms with Crippen molar-refractivity contribution in [2.45, 2.75) is 82.6 Å². The van der Waals surface area contributed by atoms with Crippen LogP contribution < -0.4 is 4.90 Å². The molecule has 4 aromatic carbocycles. The third-order valence-corrected chi connectivity index (χ3v) is 11.5. The smallest absolute Gasteiger partial charge is 0.266 e. The molecule has 3 aliphatic rings. The fraction of sp³-hybridized carbons (Fsp3) is 0.282. The molecule has 0 unspecified atom stereocenters. The number of carbonyl (C=O) groups is 4. The van der Waals surface area contributed by atoms with Gasteiger partial charge in [0.25, 0.3) is 23.6 Å². The molecule has 48 heavy (non-hydrogen) atoms. The maximum Gasteiger partial charge on any atom is 0.266 e. The maximum absolute atomic E-state index is 14.0. The molecule has 0 aliphatic carbocycles. The Morgan fingerprint density at radius 1 is 0.604 bits per heavy atom. The molecule has 0 fully saturated rings. The van der Waals surface area contributed by atoms with Crippen molar-refractivity contribution in [2.75, 3.05) is 4.90 Å². The number of hydrogen-bond donors (Lipinski definition) is 0. The zero-order valence-corrected chi connectivity index (χ0v) is 28.8. The zero-order chi connectivity index (χ0) is 34.6. The molecule has 0 atom stereocenters. The Bertz CT molecular complexity index is 2280. The summed E-state index contributed by atoms with van der Waals surface area (Å²) in [5.74, 6) is -1.67. The van der Waals surface area contributed by atoms with E-state index in [1.807, 2.05) is 26.8 Å². The molecule has 7 rings (SSSR count). The number of benzene rings is 4. The van der Waals surface area contributed by atoms with Crippen molar-refractivity contribution in [3.05, 3.63) is 99.6 Å². The second kappa shape index (κ2) is 10.6. The lowest BCUT2D eigenvalue weighted by atomic mass is 9.91. The topological polar surface area (TPSA) is 109 Å². The van der Waals surface area contributed by atoms with Crippen LogP contribution >= 0.6 is 0 Å². The van der Waals surface area contributed by atoms with E-state index in [1.165, 1.54) is 11.0 Å². The Morgan fingerprint density at radius 3 is 1.62 bits per heavy atom. The molecule has 3 aliphatic heterocycles. The van der Waals surface area contributed by atoms with Crippen LogP contribution in [0, 0.1) is 0 Å². The summed E-state index contributed by atoms with van der Waals surface area (Å²) in [6, 6.07) is 16.9. The lowest BCUT2D eigenvalue weighted by Gasteiger charge is -2.29. The third-order valence-electron chi connectivity index (χ3n) is 9.69. The van der Waals surface area contributed by atoms with E-state index in [0.717, 1.165) is 22.4 Å². The van der Waals surface area contributed by atoms with Gasteiger partial charge in [-0.15, -0.1) is 0 Å².